The van der Waals surface area contributed by atoms with E-state index in [0.29, 0.717) is 0 Å². The summed E-state index contributed by atoms with van der Waals surface area (Å²) in [5, 5.41) is 13.2. The van der Waals surface area contributed by atoms with Crippen molar-refractivity contribution in [3.8, 4) is 0 Å². The predicted molar refractivity (Wildman–Crippen MR) is 88.5 cm³/mol. The molecule has 1 saturated heterocycles. The maximum absolute atomic E-state index is 12.4. The van der Waals surface area contributed by atoms with Crippen LogP contribution < -0.4 is 5.32 Å². The standard InChI is InChI=1S/C18H28N2O2/c1-2-18(15-21,16-10-6-5-7-11-16)19-14-17(22)20-12-8-3-4-9-13-20/h5-7,10-11,19,21H,2-4,8-9,12-15H2,1H3/t18-/m0/s1. The molecule has 1 aliphatic heterocycles. The van der Waals surface area contributed by atoms with Crippen LogP contribution in [0.5, 0.6) is 0 Å². The van der Waals surface area contributed by atoms with Gasteiger partial charge in [-0.2, -0.15) is 0 Å². The minimum Gasteiger partial charge on any atom is -0.394 e. The van der Waals surface area contributed by atoms with Crippen LogP contribution in [-0.2, 0) is 10.3 Å². The summed E-state index contributed by atoms with van der Waals surface area (Å²) < 4.78 is 0. The van der Waals surface area contributed by atoms with E-state index in [4.69, 9.17) is 0 Å². The van der Waals surface area contributed by atoms with Gasteiger partial charge in [0.15, 0.2) is 0 Å². The second-order valence-corrected chi connectivity index (χ2v) is 6.11. The lowest BCUT2D eigenvalue weighted by Crippen LogP contribution is -2.50. The zero-order chi connectivity index (χ0) is 15.8. The number of aliphatic hydroxyl groups is 1. The molecular weight excluding hydrogens is 276 g/mol. The first kappa shape index (κ1) is 17.0. The molecule has 1 atom stereocenters. The Bertz CT molecular complexity index is 449. The molecule has 1 aliphatic rings. The van der Waals surface area contributed by atoms with E-state index in [1.165, 1.54) is 12.8 Å². The van der Waals surface area contributed by atoms with Gasteiger partial charge in [-0.05, 0) is 24.8 Å². The molecule has 0 saturated carbocycles. The molecular formula is C18H28N2O2. The number of carbonyl (C=O) groups excluding carboxylic acids is 1. The molecule has 22 heavy (non-hydrogen) atoms. The predicted octanol–water partition coefficient (Wildman–Crippen LogP) is 2.28. The van der Waals surface area contributed by atoms with Gasteiger partial charge in [0.25, 0.3) is 0 Å². The molecule has 1 amide bonds. The largest absolute Gasteiger partial charge is 0.394 e. The van der Waals surface area contributed by atoms with Crippen molar-refractivity contribution in [1.82, 2.24) is 10.2 Å². The highest BCUT2D eigenvalue weighted by Gasteiger charge is 2.30. The summed E-state index contributed by atoms with van der Waals surface area (Å²) >= 11 is 0. The van der Waals surface area contributed by atoms with Gasteiger partial charge in [0.2, 0.25) is 5.91 Å². The highest BCUT2D eigenvalue weighted by molar-refractivity contribution is 5.78. The maximum Gasteiger partial charge on any atom is 0.236 e. The summed E-state index contributed by atoms with van der Waals surface area (Å²) in [5.41, 5.74) is 0.492. The molecule has 0 aromatic heterocycles. The highest BCUT2D eigenvalue weighted by Crippen LogP contribution is 2.24. The number of hydrogen-bond donors (Lipinski definition) is 2. The van der Waals surface area contributed by atoms with E-state index in [9.17, 15) is 9.90 Å². The van der Waals surface area contributed by atoms with Gasteiger partial charge < -0.3 is 10.0 Å². The summed E-state index contributed by atoms with van der Waals surface area (Å²) in [5.74, 6) is 0.143. The van der Waals surface area contributed by atoms with E-state index in [1.807, 2.05) is 42.2 Å². The number of rotatable bonds is 6. The quantitative estimate of drug-likeness (QED) is 0.848. The molecule has 1 aromatic rings. The van der Waals surface area contributed by atoms with Crippen LogP contribution in [0.4, 0.5) is 0 Å². The number of aliphatic hydroxyl groups excluding tert-OH is 1. The SMILES string of the molecule is CC[C@@](CO)(NCC(=O)N1CCCCCC1)c1ccccc1. The molecule has 1 heterocycles. The number of amides is 1. The van der Waals surface area contributed by atoms with E-state index in [-0.39, 0.29) is 19.1 Å². The van der Waals surface area contributed by atoms with Crippen molar-refractivity contribution >= 4 is 5.91 Å². The summed E-state index contributed by atoms with van der Waals surface area (Å²) in [4.78, 5) is 14.4. The average Bonchev–Trinajstić information content (AvgIpc) is 2.86. The lowest BCUT2D eigenvalue weighted by Gasteiger charge is -2.33. The fourth-order valence-electron chi connectivity index (χ4n) is 3.12. The van der Waals surface area contributed by atoms with Crippen molar-refractivity contribution in [2.24, 2.45) is 0 Å². The molecule has 0 radical (unpaired) electrons. The van der Waals surface area contributed by atoms with Gasteiger partial charge in [-0.3, -0.25) is 10.1 Å². The molecule has 2 rings (SSSR count). The van der Waals surface area contributed by atoms with Crippen molar-refractivity contribution in [1.29, 1.82) is 0 Å². The molecule has 1 aromatic carbocycles. The summed E-state index contributed by atoms with van der Waals surface area (Å²) in [6.07, 6.45) is 5.38. The summed E-state index contributed by atoms with van der Waals surface area (Å²) in [6, 6.07) is 9.90. The van der Waals surface area contributed by atoms with Crippen LogP contribution in [0, 0.1) is 0 Å². The zero-order valence-electron chi connectivity index (χ0n) is 13.6. The Kier molecular flexibility index (Phi) is 6.40. The Labute approximate surface area is 133 Å². The van der Waals surface area contributed by atoms with Gasteiger partial charge in [-0.25, -0.2) is 0 Å². The number of nitrogens with zero attached hydrogens (tertiary/aromatic N) is 1. The maximum atomic E-state index is 12.4. The molecule has 0 bridgehead atoms. The van der Waals surface area contributed by atoms with Gasteiger partial charge in [0.05, 0.1) is 18.7 Å². The Morgan fingerprint density at radius 1 is 1.18 bits per heavy atom. The second-order valence-electron chi connectivity index (χ2n) is 6.11. The molecule has 1 fully saturated rings. The molecule has 4 heteroatoms. The van der Waals surface area contributed by atoms with Crippen LogP contribution in [0.25, 0.3) is 0 Å². The summed E-state index contributed by atoms with van der Waals surface area (Å²) in [6.45, 7) is 4.03. The zero-order valence-corrected chi connectivity index (χ0v) is 13.6. The van der Waals surface area contributed by atoms with Crippen LogP contribution in [0.1, 0.15) is 44.6 Å². The van der Waals surface area contributed by atoms with Crippen LogP contribution >= 0.6 is 0 Å². The van der Waals surface area contributed by atoms with E-state index in [0.717, 1.165) is 37.9 Å². The first-order chi connectivity index (χ1) is 10.7. The number of nitrogens with one attached hydrogen (secondary N) is 1. The summed E-state index contributed by atoms with van der Waals surface area (Å²) in [7, 11) is 0. The van der Waals surface area contributed by atoms with Gasteiger partial charge in [0, 0.05) is 13.1 Å². The second kappa shape index (κ2) is 8.30. The van der Waals surface area contributed by atoms with Crippen LogP contribution in [0.15, 0.2) is 30.3 Å². The highest BCUT2D eigenvalue weighted by atomic mass is 16.3. The third-order valence-corrected chi connectivity index (χ3v) is 4.74. The molecule has 0 aliphatic carbocycles. The average molecular weight is 304 g/mol. The molecule has 122 valence electrons. The smallest absolute Gasteiger partial charge is 0.236 e. The topological polar surface area (TPSA) is 52.6 Å². The first-order valence-electron chi connectivity index (χ1n) is 8.41. The Balaban J connectivity index is 2.01. The van der Waals surface area contributed by atoms with Crippen LogP contribution in [-0.4, -0.2) is 42.2 Å². The lowest BCUT2D eigenvalue weighted by molar-refractivity contribution is -0.130. The molecule has 4 nitrogen and oxygen atoms in total. The molecule has 2 N–H and O–H groups in total. The molecule has 0 unspecified atom stereocenters. The number of carbonyl (C=O) groups is 1. The van der Waals surface area contributed by atoms with Gasteiger partial charge in [0.1, 0.15) is 0 Å². The number of benzene rings is 1. The Morgan fingerprint density at radius 2 is 1.82 bits per heavy atom. The fourth-order valence-corrected chi connectivity index (χ4v) is 3.12. The van der Waals surface area contributed by atoms with E-state index in [2.05, 4.69) is 5.32 Å². The monoisotopic (exact) mass is 304 g/mol. The minimum atomic E-state index is -0.539. The van der Waals surface area contributed by atoms with Gasteiger partial charge in [-0.15, -0.1) is 0 Å². The third kappa shape index (κ3) is 4.08. The van der Waals surface area contributed by atoms with E-state index in [1.54, 1.807) is 0 Å². The normalized spacial score (nSPS) is 18.5. The minimum absolute atomic E-state index is 0.0131. The van der Waals surface area contributed by atoms with Crippen LogP contribution in [0.3, 0.4) is 0 Å². The van der Waals surface area contributed by atoms with Crippen molar-refractivity contribution in [3.05, 3.63) is 35.9 Å². The van der Waals surface area contributed by atoms with Gasteiger partial charge in [-0.1, -0.05) is 50.1 Å². The Morgan fingerprint density at radius 3 is 2.36 bits per heavy atom. The van der Waals surface area contributed by atoms with Crippen LogP contribution in [0.2, 0.25) is 0 Å². The number of likely N-dealkylation sites (tertiary alicyclic amines) is 1. The third-order valence-electron chi connectivity index (χ3n) is 4.74. The van der Waals surface area contributed by atoms with Crippen molar-refractivity contribution in [2.75, 3.05) is 26.2 Å². The van der Waals surface area contributed by atoms with E-state index >= 15 is 0 Å². The Hall–Kier alpha value is -1.39. The fraction of sp³-hybridized carbons (Fsp3) is 0.611. The number of hydrogen-bond acceptors (Lipinski definition) is 3. The first-order valence-corrected chi connectivity index (χ1v) is 8.41. The van der Waals surface area contributed by atoms with Gasteiger partial charge >= 0.3 is 0 Å². The lowest BCUT2D eigenvalue weighted by atomic mass is 9.88. The van der Waals surface area contributed by atoms with Crippen molar-refractivity contribution in [2.45, 2.75) is 44.6 Å². The molecule has 0 spiro atoms. The van der Waals surface area contributed by atoms with Crippen molar-refractivity contribution in [3.63, 3.8) is 0 Å². The van der Waals surface area contributed by atoms with Crippen molar-refractivity contribution < 1.29 is 9.90 Å². The van der Waals surface area contributed by atoms with E-state index < -0.39 is 5.54 Å².